The molecule has 1 heterocycles. The fourth-order valence-electron chi connectivity index (χ4n) is 2.36. The van der Waals surface area contributed by atoms with Gasteiger partial charge in [-0.05, 0) is 38.6 Å². The molecule has 0 unspecified atom stereocenters. The van der Waals surface area contributed by atoms with Crippen molar-refractivity contribution in [3.63, 3.8) is 0 Å². The SMILES string of the molecule is CCc1c(-c2ccc([C@@H](C)N(C)C)cc2)cnn1C. The van der Waals surface area contributed by atoms with Crippen molar-refractivity contribution in [2.75, 3.05) is 14.1 Å². The lowest BCUT2D eigenvalue weighted by atomic mass is 10.0. The van der Waals surface area contributed by atoms with Gasteiger partial charge >= 0.3 is 0 Å². The highest BCUT2D eigenvalue weighted by atomic mass is 15.3. The van der Waals surface area contributed by atoms with Crippen molar-refractivity contribution >= 4 is 0 Å². The Bertz CT molecular complexity index is 538. The van der Waals surface area contributed by atoms with Gasteiger partial charge in [0.25, 0.3) is 0 Å². The van der Waals surface area contributed by atoms with E-state index in [0.717, 1.165) is 6.42 Å². The van der Waals surface area contributed by atoms with Crippen molar-refractivity contribution in [1.29, 1.82) is 0 Å². The van der Waals surface area contributed by atoms with Crippen LogP contribution in [0, 0.1) is 0 Å². The molecule has 0 amide bonds. The van der Waals surface area contributed by atoms with Crippen LogP contribution in [0.2, 0.25) is 0 Å². The average molecular weight is 257 g/mol. The minimum absolute atomic E-state index is 0.439. The van der Waals surface area contributed by atoms with Gasteiger partial charge in [0.05, 0.1) is 6.20 Å². The van der Waals surface area contributed by atoms with Crippen molar-refractivity contribution in [3.05, 3.63) is 41.7 Å². The zero-order valence-corrected chi connectivity index (χ0v) is 12.5. The summed E-state index contributed by atoms with van der Waals surface area (Å²) in [5.74, 6) is 0. The van der Waals surface area contributed by atoms with Gasteiger partial charge in [-0.3, -0.25) is 4.68 Å². The predicted octanol–water partition coefficient (Wildman–Crippen LogP) is 3.27. The number of aromatic nitrogens is 2. The molecule has 2 rings (SSSR count). The van der Waals surface area contributed by atoms with E-state index in [2.05, 4.69) is 62.2 Å². The summed E-state index contributed by atoms with van der Waals surface area (Å²) in [5.41, 5.74) is 5.12. The van der Waals surface area contributed by atoms with Gasteiger partial charge in [-0.1, -0.05) is 31.2 Å². The van der Waals surface area contributed by atoms with Crippen molar-refractivity contribution in [2.24, 2.45) is 7.05 Å². The number of benzene rings is 1. The Balaban J connectivity index is 2.32. The molecule has 19 heavy (non-hydrogen) atoms. The van der Waals surface area contributed by atoms with E-state index in [-0.39, 0.29) is 0 Å². The molecule has 0 N–H and O–H groups in total. The Morgan fingerprint density at radius 1 is 1.21 bits per heavy atom. The summed E-state index contributed by atoms with van der Waals surface area (Å²) in [6, 6.07) is 9.27. The van der Waals surface area contributed by atoms with Crippen molar-refractivity contribution in [3.8, 4) is 11.1 Å². The summed E-state index contributed by atoms with van der Waals surface area (Å²) in [4.78, 5) is 2.22. The highest BCUT2D eigenvalue weighted by Crippen LogP contribution is 2.26. The summed E-state index contributed by atoms with van der Waals surface area (Å²) in [6.45, 7) is 4.39. The molecule has 0 aliphatic carbocycles. The molecule has 102 valence electrons. The van der Waals surface area contributed by atoms with Crippen LogP contribution in [0.3, 0.4) is 0 Å². The van der Waals surface area contributed by atoms with Gasteiger partial charge < -0.3 is 4.90 Å². The van der Waals surface area contributed by atoms with E-state index >= 15 is 0 Å². The number of rotatable bonds is 4. The van der Waals surface area contributed by atoms with Gasteiger partial charge in [0.1, 0.15) is 0 Å². The van der Waals surface area contributed by atoms with Crippen LogP contribution in [0.1, 0.15) is 31.1 Å². The maximum absolute atomic E-state index is 4.36. The van der Waals surface area contributed by atoms with Crippen LogP contribution >= 0.6 is 0 Å². The van der Waals surface area contributed by atoms with Crippen molar-refractivity contribution in [1.82, 2.24) is 14.7 Å². The monoisotopic (exact) mass is 257 g/mol. The highest BCUT2D eigenvalue weighted by molar-refractivity contribution is 5.65. The molecule has 1 atom stereocenters. The van der Waals surface area contributed by atoms with Crippen LogP contribution < -0.4 is 0 Å². The molecule has 0 radical (unpaired) electrons. The quantitative estimate of drug-likeness (QED) is 0.838. The van der Waals surface area contributed by atoms with E-state index in [9.17, 15) is 0 Å². The Labute approximate surface area is 115 Å². The van der Waals surface area contributed by atoms with Crippen molar-refractivity contribution in [2.45, 2.75) is 26.3 Å². The van der Waals surface area contributed by atoms with Crippen LogP contribution in [0.15, 0.2) is 30.5 Å². The topological polar surface area (TPSA) is 21.1 Å². The largest absolute Gasteiger partial charge is 0.303 e. The Hall–Kier alpha value is -1.61. The fourth-order valence-corrected chi connectivity index (χ4v) is 2.36. The first-order valence-electron chi connectivity index (χ1n) is 6.82. The number of hydrogen-bond donors (Lipinski definition) is 0. The van der Waals surface area contributed by atoms with E-state index in [0.29, 0.717) is 6.04 Å². The maximum atomic E-state index is 4.36. The smallest absolute Gasteiger partial charge is 0.0571 e. The molecule has 2 aromatic rings. The molecule has 1 aromatic heterocycles. The van der Waals surface area contributed by atoms with E-state index < -0.39 is 0 Å². The van der Waals surface area contributed by atoms with Gasteiger partial charge in [-0.2, -0.15) is 5.10 Å². The van der Waals surface area contributed by atoms with Crippen LogP contribution in [0.25, 0.3) is 11.1 Å². The van der Waals surface area contributed by atoms with E-state index in [1.807, 2.05) is 17.9 Å². The number of nitrogens with zero attached hydrogens (tertiary/aromatic N) is 3. The zero-order valence-electron chi connectivity index (χ0n) is 12.5. The third-order valence-corrected chi connectivity index (χ3v) is 3.88. The van der Waals surface area contributed by atoms with Crippen LogP contribution in [0.5, 0.6) is 0 Å². The molecule has 0 saturated heterocycles. The Kier molecular flexibility index (Phi) is 4.05. The van der Waals surface area contributed by atoms with E-state index in [4.69, 9.17) is 0 Å². The molecule has 0 aliphatic heterocycles. The summed E-state index contributed by atoms with van der Waals surface area (Å²) in [7, 11) is 6.22. The lowest BCUT2D eigenvalue weighted by Gasteiger charge is -2.20. The molecule has 0 bridgehead atoms. The molecule has 3 nitrogen and oxygen atoms in total. The van der Waals surface area contributed by atoms with E-state index in [1.54, 1.807) is 0 Å². The Morgan fingerprint density at radius 3 is 2.37 bits per heavy atom. The molecular formula is C16H23N3. The maximum Gasteiger partial charge on any atom is 0.0571 e. The molecule has 0 aliphatic rings. The first-order chi connectivity index (χ1) is 9.04. The van der Waals surface area contributed by atoms with Gasteiger partial charge in [0, 0.05) is 24.3 Å². The van der Waals surface area contributed by atoms with Crippen LogP contribution in [0.4, 0.5) is 0 Å². The summed E-state index contributed by atoms with van der Waals surface area (Å²) < 4.78 is 1.96. The van der Waals surface area contributed by atoms with Gasteiger partial charge in [-0.15, -0.1) is 0 Å². The zero-order chi connectivity index (χ0) is 14.0. The second-order valence-corrected chi connectivity index (χ2v) is 5.24. The number of hydrogen-bond acceptors (Lipinski definition) is 2. The normalized spacial score (nSPS) is 12.9. The standard InChI is InChI=1S/C16H23N3/c1-6-16-15(11-17-19(16)5)14-9-7-13(8-10-14)12(2)18(3)4/h7-12H,6H2,1-5H3/t12-/m1/s1. The first kappa shape index (κ1) is 13.8. The van der Waals surface area contributed by atoms with Gasteiger partial charge in [0.2, 0.25) is 0 Å². The summed E-state index contributed by atoms with van der Waals surface area (Å²) >= 11 is 0. The molecule has 0 spiro atoms. The third-order valence-electron chi connectivity index (χ3n) is 3.88. The molecule has 1 aromatic carbocycles. The second-order valence-electron chi connectivity index (χ2n) is 5.24. The summed E-state index contributed by atoms with van der Waals surface area (Å²) in [6.07, 6.45) is 2.96. The molecular weight excluding hydrogens is 234 g/mol. The fraction of sp³-hybridized carbons (Fsp3) is 0.438. The lowest BCUT2D eigenvalue weighted by Crippen LogP contribution is -2.16. The van der Waals surface area contributed by atoms with Crippen LogP contribution in [-0.2, 0) is 13.5 Å². The summed E-state index contributed by atoms with van der Waals surface area (Å²) in [5, 5.41) is 4.36. The first-order valence-corrected chi connectivity index (χ1v) is 6.82. The lowest BCUT2D eigenvalue weighted by molar-refractivity contribution is 0.321. The highest BCUT2D eigenvalue weighted by Gasteiger charge is 2.11. The number of aryl methyl sites for hydroxylation is 1. The third kappa shape index (κ3) is 2.71. The van der Waals surface area contributed by atoms with Crippen LogP contribution in [-0.4, -0.2) is 28.8 Å². The van der Waals surface area contributed by atoms with Crippen molar-refractivity contribution < 1.29 is 0 Å². The second kappa shape index (κ2) is 5.57. The Morgan fingerprint density at radius 2 is 1.84 bits per heavy atom. The van der Waals surface area contributed by atoms with Gasteiger partial charge in [-0.25, -0.2) is 0 Å². The minimum atomic E-state index is 0.439. The molecule has 0 fully saturated rings. The minimum Gasteiger partial charge on any atom is -0.303 e. The molecule has 3 heteroatoms. The van der Waals surface area contributed by atoms with Gasteiger partial charge in [0.15, 0.2) is 0 Å². The predicted molar refractivity (Wildman–Crippen MR) is 80.1 cm³/mol. The van der Waals surface area contributed by atoms with E-state index in [1.165, 1.54) is 22.4 Å². The average Bonchev–Trinajstić information content (AvgIpc) is 2.79. The molecule has 0 saturated carbocycles.